The van der Waals surface area contributed by atoms with Gasteiger partial charge in [0.25, 0.3) is 5.78 Å². The first-order valence-electron chi connectivity index (χ1n) is 10.4. The molecule has 0 bridgehead atoms. The van der Waals surface area contributed by atoms with E-state index < -0.39 is 0 Å². The smallest absolute Gasteiger partial charge is 0.253 e. The molecule has 0 spiro atoms. The number of aromatic nitrogens is 5. The Morgan fingerprint density at radius 3 is 2.74 bits per heavy atom. The van der Waals surface area contributed by atoms with Gasteiger partial charge in [0.15, 0.2) is 0 Å². The Balaban J connectivity index is 1.35. The fourth-order valence-electron chi connectivity index (χ4n) is 3.57. The van der Waals surface area contributed by atoms with Crippen LogP contribution in [0.15, 0.2) is 29.7 Å². The van der Waals surface area contributed by atoms with Gasteiger partial charge in [-0.3, -0.25) is 14.7 Å². The van der Waals surface area contributed by atoms with Crippen LogP contribution < -0.4 is 5.32 Å². The van der Waals surface area contributed by atoms with Gasteiger partial charge in [-0.05, 0) is 37.1 Å². The van der Waals surface area contributed by atoms with Crippen molar-refractivity contribution < 1.29 is 9.53 Å². The number of amides is 1. The summed E-state index contributed by atoms with van der Waals surface area (Å²) < 4.78 is 7.10. The van der Waals surface area contributed by atoms with Gasteiger partial charge in [-0.15, -0.1) is 5.10 Å². The number of pyridine rings is 1. The van der Waals surface area contributed by atoms with E-state index in [4.69, 9.17) is 4.74 Å². The standard InChI is InChI=1S/C21H27N7O2S/c1-15-18(13-17-3-5-22-6-4-17)16(2)28-20(24-15)25-21(26-28)31-14-19(29)23-7-8-27-9-11-30-12-10-27/h3-6H,7-14H2,1-2H3,(H,23,29). The van der Waals surface area contributed by atoms with Crippen LogP contribution in [-0.4, -0.2) is 80.5 Å². The van der Waals surface area contributed by atoms with Crippen molar-refractivity contribution in [3.63, 3.8) is 0 Å². The van der Waals surface area contributed by atoms with E-state index in [1.807, 2.05) is 26.0 Å². The number of aryl methyl sites for hydroxylation is 2. The zero-order valence-electron chi connectivity index (χ0n) is 17.9. The quantitative estimate of drug-likeness (QED) is 0.522. The van der Waals surface area contributed by atoms with Crippen LogP contribution in [0.3, 0.4) is 0 Å². The number of thioether (sulfide) groups is 1. The van der Waals surface area contributed by atoms with Crippen LogP contribution in [0.5, 0.6) is 0 Å². The van der Waals surface area contributed by atoms with Crippen molar-refractivity contribution in [2.24, 2.45) is 0 Å². The monoisotopic (exact) mass is 441 g/mol. The lowest BCUT2D eigenvalue weighted by atomic mass is 10.0. The molecule has 1 aliphatic rings. The number of rotatable bonds is 8. The maximum absolute atomic E-state index is 12.2. The summed E-state index contributed by atoms with van der Waals surface area (Å²) in [5.74, 6) is 0.821. The van der Waals surface area contributed by atoms with Crippen molar-refractivity contribution >= 4 is 23.4 Å². The van der Waals surface area contributed by atoms with E-state index >= 15 is 0 Å². The van der Waals surface area contributed by atoms with Crippen molar-refractivity contribution in [3.05, 3.63) is 47.0 Å². The molecule has 0 saturated carbocycles. The normalized spacial score (nSPS) is 14.8. The van der Waals surface area contributed by atoms with Gasteiger partial charge in [-0.1, -0.05) is 11.8 Å². The van der Waals surface area contributed by atoms with Crippen LogP contribution in [0, 0.1) is 13.8 Å². The van der Waals surface area contributed by atoms with Gasteiger partial charge in [0.05, 0.1) is 19.0 Å². The SMILES string of the molecule is Cc1nc2nc(SCC(=O)NCCN3CCOCC3)nn2c(C)c1Cc1ccncc1. The first-order valence-corrected chi connectivity index (χ1v) is 11.4. The molecule has 4 heterocycles. The molecule has 0 unspecified atom stereocenters. The lowest BCUT2D eigenvalue weighted by Crippen LogP contribution is -2.41. The molecule has 0 atom stereocenters. The topological polar surface area (TPSA) is 97.5 Å². The Kier molecular flexibility index (Phi) is 7.10. The number of hydrogen-bond acceptors (Lipinski definition) is 8. The van der Waals surface area contributed by atoms with Crippen molar-refractivity contribution in [3.8, 4) is 0 Å². The molecule has 1 aliphatic heterocycles. The Labute approximate surface area is 185 Å². The van der Waals surface area contributed by atoms with Gasteiger partial charge < -0.3 is 10.1 Å². The fourth-order valence-corrected chi connectivity index (χ4v) is 4.22. The molecule has 3 aromatic rings. The predicted molar refractivity (Wildman–Crippen MR) is 118 cm³/mol. The van der Waals surface area contributed by atoms with E-state index in [1.54, 1.807) is 16.9 Å². The minimum atomic E-state index is -0.0173. The van der Waals surface area contributed by atoms with Crippen molar-refractivity contribution in [1.82, 2.24) is 34.8 Å². The molecule has 0 aromatic carbocycles. The fraction of sp³-hybridized carbons (Fsp3) is 0.476. The molecule has 10 heteroatoms. The first kappa shape index (κ1) is 21.7. The molecule has 0 aliphatic carbocycles. The third-order valence-electron chi connectivity index (χ3n) is 5.35. The van der Waals surface area contributed by atoms with Crippen LogP contribution in [0.4, 0.5) is 0 Å². The zero-order chi connectivity index (χ0) is 21.6. The van der Waals surface area contributed by atoms with E-state index in [1.165, 1.54) is 17.3 Å². The Morgan fingerprint density at radius 1 is 1.19 bits per heavy atom. The predicted octanol–water partition coefficient (Wildman–Crippen LogP) is 1.27. The van der Waals surface area contributed by atoms with Crippen LogP contribution in [0.2, 0.25) is 0 Å². The number of hydrogen-bond donors (Lipinski definition) is 1. The molecule has 9 nitrogen and oxygen atoms in total. The minimum Gasteiger partial charge on any atom is -0.379 e. The van der Waals surface area contributed by atoms with E-state index in [0.717, 1.165) is 56.2 Å². The lowest BCUT2D eigenvalue weighted by Gasteiger charge is -2.26. The third-order valence-corrected chi connectivity index (χ3v) is 6.18. The molecule has 3 aromatic heterocycles. The highest BCUT2D eigenvalue weighted by Crippen LogP contribution is 2.20. The Hall–Kier alpha value is -2.56. The second kappa shape index (κ2) is 10.2. The van der Waals surface area contributed by atoms with E-state index in [-0.39, 0.29) is 11.7 Å². The summed E-state index contributed by atoms with van der Waals surface area (Å²) in [5, 5.41) is 8.09. The van der Waals surface area contributed by atoms with Crippen molar-refractivity contribution in [2.75, 3.05) is 45.1 Å². The number of ether oxygens (including phenoxy) is 1. The van der Waals surface area contributed by atoms with Crippen LogP contribution in [-0.2, 0) is 16.0 Å². The molecule has 1 fully saturated rings. The average Bonchev–Trinajstić information content (AvgIpc) is 3.20. The molecule has 31 heavy (non-hydrogen) atoms. The first-order chi connectivity index (χ1) is 15.1. The summed E-state index contributed by atoms with van der Waals surface area (Å²) >= 11 is 1.33. The largest absolute Gasteiger partial charge is 0.379 e. The van der Waals surface area contributed by atoms with Gasteiger partial charge in [-0.25, -0.2) is 9.50 Å². The Bertz CT molecular complexity index is 1040. The summed E-state index contributed by atoms with van der Waals surface area (Å²) in [6.07, 6.45) is 4.35. The highest BCUT2D eigenvalue weighted by atomic mass is 32.2. The van der Waals surface area contributed by atoms with Crippen LogP contribution >= 0.6 is 11.8 Å². The number of carbonyl (C=O) groups excluding carboxylic acids is 1. The van der Waals surface area contributed by atoms with Gasteiger partial charge in [-0.2, -0.15) is 4.98 Å². The molecule has 164 valence electrons. The molecule has 0 radical (unpaired) electrons. The number of morpholine rings is 1. The summed E-state index contributed by atoms with van der Waals surface area (Å²) in [4.78, 5) is 27.7. The molecular weight excluding hydrogens is 414 g/mol. The maximum atomic E-state index is 12.2. The van der Waals surface area contributed by atoms with Gasteiger partial charge >= 0.3 is 0 Å². The van der Waals surface area contributed by atoms with Gasteiger partial charge in [0.2, 0.25) is 11.1 Å². The molecule has 1 saturated heterocycles. The van der Waals surface area contributed by atoms with Gasteiger partial charge in [0.1, 0.15) is 0 Å². The van der Waals surface area contributed by atoms with Crippen molar-refractivity contribution in [2.45, 2.75) is 25.4 Å². The third kappa shape index (κ3) is 5.57. The Morgan fingerprint density at radius 2 is 1.97 bits per heavy atom. The molecule has 1 N–H and O–H groups in total. The van der Waals surface area contributed by atoms with Crippen molar-refractivity contribution in [1.29, 1.82) is 0 Å². The minimum absolute atomic E-state index is 0.0173. The van der Waals surface area contributed by atoms with E-state index in [9.17, 15) is 4.79 Å². The van der Waals surface area contributed by atoms with Crippen LogP contribution in [0.25, 0.3) is 5.78 Å². The average molecular weight is 442 g/mol. The van der Waals surface area contributed by atoms with E-state index in [0.29, 0.717) is 17.5 Å². The van der Waals surface area contributed by atoms with E-state index in [2.05, 4.69) is 30.3 Å². The summed E-state index contributed by atoms with van der Waals surface area (Å²) in [7, 11) is 0. The number of nitrogens with one attached hydrogen (secondary N) is 1. The highest BCUT2D eigenvalue weighted by molar-refractivity contribution is 7.99. The summed E-state index contributed by atoms with van der Waals surface area (Å²) in [6.45, 7) is 8.87. The second-order valence-electron chi connectivity index (χ2n) is 7.49. The molecule has 1 amide bonds. The molecule has 4 rings (SSSR count). The number of nitrogens with zero attached hydrogens (tertiary/aromatic N) is 6. The number of carbonyl (C=O) groups is 1. The number of fused-ring (bicyclic) bond motifs is 1. The van der Waals surface area contributed by atoms with Crippen LogP contribution in [0.1, 0.15) is 22.5 Å². The lowest BCUT2D eigenvalue weighted by molar-refractivity contribution is -0.118. The van der Waals surface area contributed by atoms with Gasteiger partial charge in [0, 0.05) is 56.4 Å². The maximum Gasteiger partial charge on any atom is 0.253 e. The summed E-state index contributed by atoms with van der Waals surface area (Å²) in [5.41, 5.74) is 4.24. The second-order valence-corrected chi connectivity index (χ2v) is 8.43. The highest BCUT2D eigenvalue weighted by Gasteiger charge is 2.15. The summed E-state index contributed by atoms with van der Waals surface area (Å²) in [6, 6.07) is 4.01. The zero-order valence-corrected chi connectivity index (χ0v) is 18.7. The molecular formula is C21H27N7O2S.